The summed E-state index contributed by atoms with van der Waals surface area (Å²) in [6, 6.07) is 11.6. The molecule has 0 amide bonds. The molecule has 0 aliphatic heterocycles. The number of hydrogen-bond acceptors (Lipinski definition) is 5. The van der Waals surface area contributed by atoms with Gasteiger partial charge in [0.1, 0.15) is 5.75 Å². The van der Waals surface area contributed by atoms with E-state index in [1.54, 1.807) is 30.8 Å². The van der Waals surface area contributed by atoms with Crippen molar-refractivity contribution in [3.63, 3.8) is 0 Å². The van der Waals surface area contributed by atoms with Gasteiger partial charge in [-0.2, -0.15) is 9.61 Å². The van der Waals surface area contributed by atoms with Gasteiger partial charge >= 0.3 is 0 Å². The molecule has 0 aliphatic carbocycles. The first-order valence-electron chi connectivity index (χ1n) is 7.02. The molecule has 4 rings (SSSR count). The van der Waals surface area contributed by atoms with E-state index in [9.17, 15) is 5.11 Å². The van der Waals surface area contributed by atoms with Crippen molar-refractivity contribution >= 4 is 17.0 Å². The van der Waals surface area contributed by atoms with Gasteiger partial charge in [0.05, 0.1) is 23.7 Å². The molecule has 23 heavy (non-hydrogen) atoms. The summed E-state index contributed by atoms with van der Waals surface area (Å²) < 4.78 is 7.07. The van der Waals surface area contributed by atoms with E-state index in [-0.39, 0.29) is 5.88 Å². The predicted octanol–water partition coefficient (Wildman–Crippen LogP) is 3.84. The number of aromatic hydroxyl groups is 1. The highest BCUT2D eigenvalue weighted by molar-refractivity contribution is 7.14. The van der Waals surface area contributed by atoms with Gasteiger partial charge in [0.15, 0.2) is 5.65 Å². The number of nitrogens with zero attached hydrogens (tertiary/aromatic N) is 3. The summed E-state index contributed by atoms with van der Waals surface area (Å²) in [6.45, 7) is 0. The van der Waals surface area contributed by atoms with Crippen molar-refractivity contribution in [2.24, 2.45) is 0 Å². The molecule has 3 aromatic heterocycles. The molecule has 0 saturated heterocycles. The molecule has 0 atom stereocenters. The zero-order chi connectivity index (χ0) is 15.8. The standard InChI is InChI=1S/C17H13N3O2S/c1-22-15-13(11-5-3-2-4-6-11)10-23-16(15)12-9-19-20-14(21)7-8-18-17(12)20/h2-10,21H,1H3. The van der Waals surface area contributed by atoms with Crippen molar-refractivity contribution in [3.8, 4) is 33.2 Å². The van der Waals surface area contributed by atoms with Gasteiger partial charge in [-0.15, -0.1) is 11.3 Å². The predicted molar refractivity (Wildman–Crippen MR) is 90.0 cm³/mol. The largest absolute Gasteiger partial charge is 0.495 e. The smallest absolute Gasteiger partial charge is 0.215 e. The number of thiophene rings is 1. The summed E-state index contributed by atoms with van der Waals surface area (Å²) >= 11 is 1.57. The van der Waals surface area contributed by atoms with E-state index in [1.165, 1.54) is 10.6 Å². The van der Waals surface area contributed by atoms with Gasteiger partial charge in [-0.1, -0.05) is 30.3 Å². The van der Waals surface area contributed by atoms with Crippen LogP contribution in [0, 0.1) is 0 Å². The molecule has 0 bridgehead atoms. The Kier molecular flexibility index (Phi) is 3.24. The Morgan fingerprint density at radius 3 is 2.74 bits per heavy atom. The second-order valence-corrected chi connectivity index (χ2v) is 5.85. The van der Waals surface area contributed by atoms with Crippen LogP contribution in [0.1, 0.15) is 0 Å². The molecule has 1 N–H and O–H groups in total. The van der Waals surface area contributed by atoms with Crippen LogP contribution in [0.15, 0.2) is 54.2 Å². The lowest BCUT2D eigenvalue weighted by molar-refractivity contribution is 0.419. The molecule has 4 aromatic rings. The highest BCUT2D eigenvalue weighted by Gasteiger charge is 2.19. The van der Waals surface area contributed by atoms with Crippen LogP contribution in [0.2, 0.25) is 0 Å². The molecule has 0 unspecified atom stereocenters. The van der Waals surface area contributed by atoms with Gasteiger partial charge in [-0.3, -0.25) is 0 Å². The molecule has 0 fully saturated rings. The minimum atomic E-state index is 0.0556. The normalized spacial score (nSPS) is 11.0. The van der Waals surface area contributed by atoms with Gasteiger partial charge in [0, 0.05) is 23.2 Å². The fraction of sp³-hybridized carbons (Fsp3) is 0.0588. The Morgan fingerprint density at radius 1 is 1.13 bits per heavy atom. The molecule has 5 nitrogen and oxygen atoms in total. The average molecular weight is 323 g/mol. The highest BCUT2D eigenvalue weighted by atomic mass is 32.1. The Hall–Kier alpha value is -2.86. The fourth-order valence-corrected chi connectivity index (χ4v) is 3.64. The van der Waals surface area contributed by atoms with Gasteiger partial charge < -0.3 is 9.84 Å². The number of fused-ring (bicyclic) bond motifs is 1. The van der Waals surface area contributed by atoms with Crippen LogP contribution in [0.5, 0.6) is 11.6 Å². The fourth-order valence-electron chi connectivity index (χ4n) is 2.59. The minimum Gasteiger partial charge on any atom is -0.495 e. The van der Waals surface area contributed by atoms with Crippen LogP contribution in [0.3, 0.4) is 0 Å². The first kappa shape index (κ1) is 13.8. The molecule has 0 saturated carbocycles. The Labute approximate surface area is 136 Å². The van der Waals surface area contributed by atoms with Crippen molar-refractivity contribution in [2.45, 2.75) is 0 Å². The van der Waals surface area contributed by atoms with Gasteiger partial charge in [0.2, 0.25) is 5.88 Å². The highest BCUT2D eigenvalue weighted by Crippen LogP contribution is 2.45. The summed E-state index contributed by atoms with van der Waals surface area (Å²) in [5.74, 6) is 0.848. The number of rotatable bonds is 3. The van der Waals surface area contributed by atoms with Gasteiger partial charge in [0.25, 0.3) is 0 Å². The van der Waals surface area contributed by atoms with Crippen molar-refractivity contribution in [2.75, 3.05) is 7.11 Å². The lowest BCUT2D eigenvalue weighted by Crippen LogP contribution is -1.90. The summed E-state index contributed by atoms with van der Waals surface area (Å²) in [5.41, 5.74) is 3.57. The monoisotopic (exact) mass is 323 g/mol. The number of ether oxygens (including phenoxy) is 1. The number of methoxy groups -OCH3 is 1. The van der Waals surface area contributed by atoms with E-state index in [4.69, 9.17) is 4.74 Å². The lowest BCUT2D eigenvalue weighted by atomic mass is 10.1. The first-order valence-corrected chi connectivity index (χ1v) is 7.90. The van der Waals surface area contributed by atoms with E-state index in [0.717, 1.165) is 27.3 Å². The summed E-state index contributed by atoms with van der Waals surface area (Å²) in [7, 11) is 1.66. The molecule has 0 radical (unpaired) electrons. The third kappa shape index (κ3) is 2.15. The molecule has 1 aromatic carbocycles. The van der Waals surface area contributed by atoms with Crippen LogP contribution in [-0.4, -0.2) is 26.8 Å². The third-order valence-corrected chi connectivity index (χ3v) is 4.65. The van der Waals surface area contributed by atoms with E-state index >= 15 is 0 Å². The van der Waals surface area contributed by atoms with Crippen molar-refractivity contribution < 1.29 is 9.84 Å². The maximum atomic E-state index is 9.87. The van der Waals surface area contributed by atoms with Crippen molar-refractivity contribution in [1.82, 2.24) is 14.6 Å². The summed E-state index contributed by atoms with van der Waals surface area (Å²) in [4.78, 5) is 5.27. The maximum Gasteiger partial charge on any atom is 0.215 e. The third-order valence-electron chi connectivity index (χ3n) is 3.66. The molecule has 0 spiro atoms. The zero-order valence-corrected chi connectivity index (χ0v) is 13.1. The second-order valence-electron chi connectivity index (χ2n) is 4.97. The second kappa shape index (κ2) is 5.40. The molecule has 3 heterocycles. The Bertz CT molecular complexity index is 976. The van der Waals surface area contributed by atoms with Gasteiger partial charge in [-0.05, 0) is 5.56 Å². The molecule has 6 heteroatoms. The van der Waals surface area contributed by atoms with Crippen molar-refractivity contribution in [3.05, 3.63) is 54.2 Å². The summed E-state index contributed by atoms with van der Waals surface area (Å²) in [5, 5.41) is 16.1. The Morgan fingerprint density at radius 2 is 1.96 bits per heavy atom. The Balaban J connectivity index is 1.93. The van der Waals surface area contributed by atoms with E-state index < -0.39 is 0 Å². The minimum absolute atomic E-state index is 0.0556. The van der Waals surface area contributed by atoms with Crippen LogP contribution in [0.25, 0.3) is 27.2 Å². The van der Waals surface area contributed by atoms with Crippen LogP contribution in [0.4, 0.5) is 0 Å². The van der Waals surface area contributed by atoms with Crippen LogP contribution < -0.4 is 4.74 Å². The number of benzene rings is 1. The van der Waals surface area contributed by atoms with Crippen LogP contribution in [-0.2, 0) is 0 Å². The molecular formula is C17H13N3O2S. The maximum absolute atomic E-state index is 9.87. The number of aromatic nitrogens is 3. The van der Waals surface area contributed by atoms with E-state index in [2.05, 4.69) is 27.6 Å². The quantitative estimate of drug-likeness (QED) is 0.622. The first-order chi connectivity index (χ1) is 11.3. The topological polar surface area (TPSA) is 59.7 Å². The van der Waals surface area contributed by atoms with Gasteiger partial charge in [-0.25, -0.2) is 4.98 Å². The zero-order valence-electron chi connectivity index (χ0n) is 12.3. The van der Waals surface area contributed by atoms with Crippen LogP contribution >= 0.6 is 11.3 Å². The molecule has 0 aliphatic rings. The SMILES string of the molecule is COc1c(-c2ccccc2)csc1-c1cnn2c(O)ccnc12. The van der Waals surface area contributed by atoms with Crippen molar-refractivity contribution in [1.29, 1.82) is 0 Å². The molecule has 114 valence electrons. The van der Waals surface area contributed by atoms with E-state index in [0.29, 0.717) is 5.65 Å². The lowest BCUT2D eigenvalue weighted by Gasteiger charge is -2.05. The average Bonchev–Trinajstić information content (AvgIpc) is 3.19. The molecular weight excluding hydrogens is 310 g/mol. The number of hydrogen-bond donors (Lipinski definition) is 1. The van der Waals surface area contributed by atoms with E-state index in [1.807, 2.05) is 18.2 Å². The summed E-state index contributed by atoms with van der Waals surface area (Å²) in [6.07, 6.45) is 3.26.